The van der Waals surface area contributed by atoms with E-state index in [4.69, 9.17) is 4.74 Å². The monoisotopic (exact) mass is 721 g/mol. The molecule has 8 nitrogen and oxygen atoms in total. The van der Waals surface area contributed by atoms with Crippen molar-refractivity contribution < 1.29 is 36.2 Å². The Morgan fingerprint density at radius 2 is 1.75 bits per heavy atom. The van der Waals surface area contributed by atoms with Gasteiger partial charge in [-0.15, -0.1) is 0 Å². The maximum absolute atomic E-state index is 13.7. The number of benzene rings is 3. The predicted molar refractivity (Wildman–Crippen MR) is 190 cm³/mol. The van der Waals surface area contributed by atoms with E-state index < -0.39 is 28.0 Å². The van der Waals surface area contributed by atoms with Gasteiger partial charge in [-0.1, -0.05) is 73.4 Å². The first-order valence-electron chi connectivity index (χ1n) is 16.8. The number of ether oxygens (including phenoxy) is 1. The molecule has 1 amide bonds. The highest BCUT2D eigenvalue weighted by Gasteiger charge is 2.36. The average Bonchev–Trinajstić information content (AvgIpc) is 3.51. The molecule has 0 fully saturated rings. The van der Waals surface area contributed by atoms with Crippen LogP contribution >= 0.6 is 0 Å². The van der Waals surface area contributed by atoms with Crippen molar-refractivity contribution in [2.75, 3.05) is 0 Å². The van der Waals surface area contributed by atoms with Crippen molar-refractivity contribution in [1.82, 2.24) is 14.5 Å². The van der Waals surface area contributed by atoms with E-state index in [1.165, 1.54) is 12.1 Å². The Balaban J connectivity index is 1.43. The number of nitrogens with zero attached hydrogens (tertiary/aromatic N) is 2. The van der Waals surface area contributed by atoms with Gasteiger partial charge in [-0.25, -0.2) is 22.6 Å². The Morgan fingerprint density at radius 1 is 1.06 bits per heavy atom. The number of alkyl halides is 3. The Bertz CT molecular complexity index is 2050. The van der Waals surface area contributed by atoms with E-state index in [0.29, 0.717) is 17.5 Å². The molecule has 0 saturated carbocycles. The van der Waals surface area contributed by atoms with E-state index in [0.717, 1.165) is 77.3 Å². The van der Waals surface area contributed by atoms with Crippen LogP contribution in [0.4, 0.5) is 18.0 Å². The third kappa shape index (κ3) is 8.73. The molecular weight excluding hydrogens is 680 g/mol. The lowest BCUT2D eigenvalue weighted by Crippen LogP contribution is -2.33. The zero-order valence-corrected chi connectivity index (χ0v) is 29.9. The number of aromatic hydroxyl groups is 1. The molecule has 1 aliphatic rings. The number of allylic oxidation sites excluding steroid dienone is 3. The molecule has 0 aliphatic heterocycles. The van der Waals surface area contributed by atoms with E-state index in [2.05, 4.69) is 18.6 Å². The number of amides is 1. The summed E-state index contributed by atoms with van der Waals surface area (Å²) < 4.78 is 76.4. The molecule has 270 valence electrons. The Morgan fingerprint density at radius 3 is 2.37 bits per heavy atom. The summed E-state index contributed by atoms with van der Waals surface area (Å²) in [4.78, 5) is 12.9. The second-order valence-electron chi connectivity index (χ2n) is 13.2. The van der Waals surface area contributed by atoms with Gasteiger partial charge in [0.15, 0.2) is 5.69 Å². The second-order valence-corrected chi connectivity index (χ2v) is 14.9. The summed E-state index contributed by atoms with van der Waals surface area (Å²) in [7, 11) is -4.49. The fourth-order valence-electron chi connectivity index (χ4n) is 6.42. The molecule has 0 spiro atoms. The van der Waals surface area contributed by atoms with Crippen LogP contribution in [0.5, 0.6) is 11.5 Å². The van der Waals surface area contributed by atoms with Crippen LogP contribution in [-0.4, -0.2) is 29.4 Å². The van der Waals surface area contributed by atoms with Crippen molar-refractivity contribution in [1.29, 1.82) is 0 Å². The number of aromatic nitrogens is 2. The number of rotatable bonds is 11. The molecule has 4 aromatic rings. The maximum Gasteiger partial charge on any atom is 0.435 e. The zero-order valence-electron chi connectivity index (χ0n) is 29.0. The Hall–Kier alpha value is -4.84. The number of sulfonamides is 1. The van der Waals surface area contributed by atoms with Crippen molar-refractivity contribution >= 4 is 16.1 Å². The van der Waals surface area contributed by atoms with Crippen LogP contribution in [0.1, 0.15) is 81.2 Å². The van der Waals surface area contributed by atoms with Gasteiger partial charge in [0.05, 0.1) is 16.3 Å². The molecule has 1 heterocycles. The topological polar surface area (TPSA) is 111 Å². The van der Waals surface area contributed by atoms with Gasteiger partial charge in [-0.3, -0.25) is 0 Å². The molecule has 51 heavy (non-hydrogen) atoms. The van der Waals surface area contributed by atoms with Crippen molar-refractivity contribution in [3.8, 4) is 28.4 Å². The first kappa shape index (κ1) is 37.4. The number of halogens is 3. The van der Waals surface area contributed by atoms with Gasteiger partial charge in [0.2, 0.25) is 0 Å². The summed E-state index contributed by atoms with van der Waals surface area (Å²) >= 11 is 0. The van der Waals surface area contributed by atoms with E-state index in [-0.39, 0.29) is 39.6 Å². The zero-order chi connectivity index (χ0) is 37.1. The highest BCUT2D eigenvalue weighted by atomic mass is 32.2. The smallest absolute Gasteiger partial charge is 0.435 e. The Labute approximate surface area is 296 Å². The minimum atomic E-state index is -4.71. The van der Waals surface area contributed by atoms with Gasteiger partial charge in [-0.05, 0) is 100 Å². The number of carbonyl (C=O) groups is 1. The normalized spacial score (nSPS) is 16.4. The molecule has 5 rings (SSSR count). The number of aryl methyl sites for hydroxylation is 2. The van der Waals surface area contributed by atoms with E-state index in [9.17, 15) is 31.5 Å². The fourth-order valence-corrected chi connectivity index (χ4v) is 7.29. The molecule has 0 radical (unpaired) electrons. The molecule has 3 aromatic carbocycles. The molecule has 12 heteroatoms. The summed E-state index contributed by atoms with van der Waals surface area (Å²) in [5.41, 5.74) is 3.77. The van der Waals surface area contributed by atoms with E-state index >= 15 is 0 Å². The number of hydrogen-bond donors (Lipinski definition) is 2. The van der Waals surface area contributed by atoms with Crippen molar-refractivity contribution in [3.63, 3.8) is 0 Å². The van der Waals surface area contributed by atoms with Crippen molar-refractivity contribution in [2.24, 2.45) is 5.92 Å². The van der Waals surface area contributed by atoms with Crippen LogP contribution in [-0.2, 0) is 22.6 Å². The number of carbonyl (C=O) groups excluding carboxylic acids is 1. The minimum absolute atomic E-state index is 0.0354. The highest BCUT2D eigenvalue weighted by molar-refractivity contribution is 7.90. The van der Waals surface area contributed by atoms with Crippen molar-refractivity contribution in [2.45, 2.75) is 83.2 Å². The Kier molecular flexibility index (Phi) is 11.1. The minimum Gasteiger partial charge on any atom is -0.507 e. The molecule has 1 aliphatic carbocycles. The lowest BCUT2D eigenvalue weighted by Gasteiger charge is -2.32. The van der Waals surface area contributed by atoms with Crippen LogP contribution in [0.2, 0.25) is 0 Å². The summed E-state index contributed by atoms with van der Waals surface area (Å²) in [6.07, 6.45) is 1.12. The van der Waals surface area contributed by atoms with Gasteiger partial charge < -0.3 is 9.84 Å². The number of phenolic OH excluding ortho intramolecular Hbond substituents is 1. The van der Waals surface area contributed by atoms with Crippen LogP contribution in [0.25, 0.3) is 16.9 Å². The van der Waals surface area contributed by atoms with Gasteiger partial charge in [0.1, 0.15) is 11.5 Å². The molecule has 0 saturated heterocycles. The standard InChI is InChI=1S/C39H42F3N3O5S/c1-6-7-8-9-27-21-34(46)37(32-20-26(5)12-19-31(32)24(2)3)35(22-27)50-38(47)44-51(48,49)30-17-15-29(16-18-30)45-33(23-36(43-45)39(40,41)42)28-13-10-25(4)11-14-28/h10-11,13-18,20-23,31-32,46H,2,6-9,12,19H2,1,3-5H3,(H,44,47)/t31-,32+/m0/s1. The number of hydrogen-bond acceptors (Lipinski definition) is 6. The van der Waals surface area contributed by atoms with Gasteiger partial charge in [0, 0.05) is 17.0 Å². The molecule has 2 atom stereocenters. The molecule has 0 bridgehead atoms. The molecule has 1 aromatic heterocycles. The van der Waals surface area contributed by atoms with Crippen molar-refractivity contribution in [3.05, 3.63) is 113 Å². The van der Waals surface area contributed by atoms with Crippen LogP contribution in [0.15, 0.2) is 95.4 Å². The average molecular weight is 722 g/mol. The molecular formula is C39H42F3N3O5S. The maximum atomic E-state index is 13.7. The number of phenols is 1. The SMILES string of the molecule is C=C(C)[C@@H]1CCC(C)=C[C@H]1c1c(O)cc(CCCCC)cc1OC(=O)NS(=O)(=O)c1ccc(-n2nc(C(F)(F)F)cc2-c2ccc(C)cc2)cc1. The summed E-state index contributed by atoms with van der Waals surface area (Å²) in [6.45, 7) is 12.0. The first-order chi connectivity index (χ1) is 24.1. The summed E-state index contributed by atoms with van der Waals surface area (Å²) in [5, 5.41) is 15.1. The summed E-state index contributed by atoms with van der Waals surface area (Å²) in [5.74, 6) is -0.385. The van der Waals surface area contributed by atoms with Crippen LogP contribution in [0, 0.1) is 12.8 Å². The van der Waals surface area contributed by atoms with E-state index in [1.807, 2.05) is 31.6 Å². The van der Waals surface area contributed by atoms with Gasteiger partial charge in [-0.2, -0.15) is 18.3 Å². The summed E-state index contributed by atoms with van der Waals surface area (Å²) in [6, 6.07) is 16.1. The van der Waals surface area contributed by atoms with Crippen LogP contribution in [0.3, 0.4) is 0 Å². The fraction of sp³-hybridized carbons (Fsp3) is 0.333. The third-order valence-corrected chi connectivity index (χ3v) is 10.4. The van der Waals surface area contributed by atoms with Gasteiger partial charge in [0.25, 0.3) is 10.0 Å². The number of unbranched alkanes of at least 4 members (excludes halogenated alkanes) is 2. The highest BCUT2D eigenvalue weighted by Crippen LogP contribution is 2.47. The predicted octanol–water partition coefficient (Wildman–Crippen LogP) is 9.80. The lowest BCUT2D eigenvalue weighted by atomic mass is 9.73. The third-order valence-electron chi connectivity index (χ3n) is 9.12. The second kappa shape index (κ2) is 15.2. The lowest BCUT2D eigenvalue weighted by molar-refractivity contribution is -0.141. The number of nitrogens with one attached hydrogen (secondary N) is 1. The quantitative estimate of drug-likeness (QED) is 0.118. The largest absolute Gasteiger partial charge is 0.507 e. The molecule has 0 unspecified atom stereocenters. The van der Waals surface area contributed by atoms with Crippen LogP contribution < -0.4 is 9.46 Å². The molecule has 2 N–H and O–H groups in total. The van der Waals surface area contributed by atoms with E-state index in [1.54, 1.807) is 36.4 Å². The first-order valence-corrected chi connectivity index (χ1v) is 18.3. The van der Waals surface area contributed by atoms with Gasteiger partial charge >= 0.3 is 12.3 Å².